The molecule has 0 spiro atoms. The Hall–Kier alpha value is -3.63. The number of esters is 1. The molecule has 3 N–H and O–H groups in total. The number of Topliss-reactive ketones (excluding diaryl/α,β-unsaturated/α-hetero) is 1. The molecular formula is C48H70N4O7. The number of rotatable bonds is 10. The number of nitrogens with zero attached hydrogens (tertiary/aromatic N) is 2. The molecule has 0 radical (unpaired) electrons. The highest BCUT2D eigenvalue weighted by Crippen LogP contribution is 2.77. The molecular weight excluding hydrogens is 745 g/mol. The van der Waals surface area contributed by atoms with Gasteiger partial charge in [-0.05, 0) is 129 Å². The first kappa shape index (κ1) is 43.5. The molecule has 7 rings (SSSR count). The SMILES string of the molecule is CC(C)C1=C2[C@H]3CC[C@@H]4[C@@]5(C)CC[C@H](OC(=O)[C@H]6C[C@@H](C(=O)O)C6(C)C)C(C)(C)[C@@H]5CC[C@@]4(C)[C@]3(C)CC[C@@]2(CC(=O)NCC(C)(C)NC(=O)c2ccncn2)CC1=O. The summed E-state index contributed by atoms with van der Waals surface area (Å²) in [7, 11) is 0. The monoisotopic (exact) mass is 815 g/mol. The van der Waals surface area contributed by atoms with Gasteiger partial charge in [-0.25, -0.2) is 9.97 Å². The Labute approximate surface area is 351 Å². The average Bonchev–Trinajstić information content (AvgIpc) is 3.43. The van der Waals surface area contributed by atoms with Crippen LogP contribution in [0.4, 0.5) is 0 Å². The Bertz CT molecular complexity index is 1940. The number of aromatic nitrogens is 2. The zero-order chi connectivity index (χ0) is 43.3. The second-order valence-electron chi connectivity index (χ2n) is 22.6. The molecule has 11 nitrogen and oxygen atoms in total. The summed E-state index contributed by atoms with van der Waals surface area (Å²) in [5.74, 6) is -1.13. The molecule has 1 aromatic heterocycles. The van der Waals surface area contributed by atoms with Crippen molar-refractivity contribution in [3.8, 4) is 0 Å². The number of carboxylic acid groups (broad SMARTS) is 1. The maximum atomic E-state index is 14.1. The summed E-state index contributed by atoms with van der Waals surface area (Å²) in [4.78, 5) is 74.4. The van der Waals surface area contributed by atoms with Gasteiger partial charge in [-0.1, -0.05) is 67.9 Å². The molecule has 0 unspecified atom stereocenters. The average molecular weight is 815 g/mol. The van der Waals surface area contributed by atoms with Crippen molar-refractivity contribution in [1.82, 2.24) is 20.6 Å². The van der Waals surface area contributed by atoms with Crippen molar-refractivity contribution in [1.29, 1.82) is 0 Å². The van der Waals surface area contributed by atoms with Crippen LogP contribution in [-0.2, 0) is 23.9 Å². The van der Waals surface area contributed by atoms with E-state index < -0.39 is 34.2 Å². The fraction of sp³-hybridized carbons (Fsp3) is 0.771. The summed E-state index contributed by atoms with van der Waals surface area (Å²) < 4.78 is 6.41. The minimum atomic E-state index is -0.842. The molecule has 0 bridgehead atoms. The van der Waals surface area contributed by atoms with E-state index in [-0.39, 0.29) is 81.8 Å². The van der Waals surface area contributed by atoms with Gasteiger partial charge in [0, 0.05) is 36.4 Å². The Balaban J connectivity index is 1.09. The predicted octanol–water partition coefficient (Wildman–Crippen LogP) is 8.13. The second-order valence-corrected chi connectivity index (χ2v) is 22.6. The fourth-order valence-corrected chi connectivity index (χ4v) is 14.6. The van der Waals surface area contributed by atoms with Gasteiger partial charge in [0.25, 0.3) is 5.91 Å². The van der Waals surface area contributed by atoms with E-state index in [4.69, 9.17) is 4.74 Å². The number of ketones is 1. The Morgan fingerprint density at radius 2 is 1.61 bits per heavy atom. The van der Waals surface area contributed by atoms with Crippen molar-refractivity contribution in [3.05, 3.63) is 35.4 Å². The number of ether oxygens (including phenoxy) is 1. The van der Waals surface area contributed by atoms with Gasteiger partial charge in [0.05, 0.1) is 17.4 Å². The Morgan fingerprint density at radius 3 is 2.24 bits per heavy atom. The molecule has 6 aliphatic carbocycles. The topological polar surface area (TPSA) is 165 Å². The van der Waals surface area contributed by atoms with Crippen LogP contribution in [0, 0.1) is 68.0 Å². The van der Waals surface area contributed by atoms with Crippen molar-refractivity contribution in [2.24, 2.45) is 68.0 Å². The van der Waals surface area contributed by atoms with Crippen LogP contribution in [0.3, 0.4) is 0 Å². The van der Waals surface area contributed by atoms with E-state index in [1.807, 2.05) is 27.7 Å². The molecule has 5 fully saturated rings. The number of aliphatic carboxylic acids is 1. The van der Waals surface area contributed by atoms with Crippen molar-refractivity contribution >= 4 is 29.5 Å². The van der Waals surface area contributed by atoms with E-state index in [1.54, 1.807) is 6.07 Å². The third kappa shape index (κ3) is 6.77. The quantitative estimate of drug-likeness (QED) is 0.198. The third-order valence-corrected chi connectivity index (χ3v) is 18.1. The third-order valence-electron chi connectivity index (χ3n) is 18.1. The van der Waals surface area contributed by atoms with E-state index in [9.17, 15) is 29.1 Å². The lowest BCUT2D eigenvalue weighted by molar-refractivity contribution is -0.236. The van der Waals surface area contributed by atoms with Crippen LogP contribution < -0.4 is 10.6 Å². The smallest absolute Gasteiger partial charge is 0.309 e. The highest BCUT2D eigenvalue weighted by atomic mass is 16.5. The van der Waals surface area contributed by atoms with Crippen LogP contribution >= 0.6 is 0 Å². The van der Waals surface area contributed by atoms with E-state index in [2.05, 4.69) is 69.1 Å². The zero-order valence-electron chi connectivity index (χ0n) is 37.5. The van der Waals surface area contributed by atoms with Crippen LogP contribution in [0.1, 0.15) is 157 Å². The van der Waals surface area contributed by atoms with Gasteiger partial charge < -0.3 is 20.5 Å². The molecule has 1 heterocycles. The summed E-state index contributed by atoms with van der Waals surface area (Å²) in [6, 6.07) is 1.56. The first-order valence-electron chi connectivity index (χ1n) is 22.4. The summed E-state index contributed by atoms with van der Waals surface area (Å²) in [6.45, 7) is 24.2. The number of hydrogen-bond acceptors (Lipinski definition) is 8. The summed E-state index contributed by atoms with van der Waals surface area (Å²) in [5.41, 5.74) is 0.395. The molecule has 5 saturated carbocycles. The lowest BCUT2D eigenvalue weighted by Crippen LogP contribution is -2.66. The molecule has 1 aromatic rings. The lowest BCUT2D eigenvalue weighted by atomic mass is 9.33. The molecule has 10 atom stereocenters. The summed E-state index contributed by atoms with van der Waals surface area (Å²) >= 11 is 0. The van der Waals surface area contributed by atoms with Gasteiger partial charge >= 0.3 is 11.9 Å². The van der Waals surface area contributed by atoms with Gasteiger partial charge in [-0.2, -0.15) is 0 Å². The number of hydrogen-bond donors (Lipinski definition) is 3. The molecule has 6 aliphatic rings. The number of carboxylic acids is 1. The van der Waals surface area contributed by atoms with E-state index in [0.29, 0.717) is 24.7 Å². The van der Waals surface area contributed by atoms with Crippen LogP contribution in [0.2, 0.25) is 0 Å². The zero-order valence-corrected chi connectivity index (χ0v) is 37.5. The highest BCUT2D eigenvalue weighted by Gasteiger charge is 2.70. The van der Waals surface area contributed by atoms with Gasteiger partial charge in [-0.3, -0.25) is 24.0 Å². The second kappa shape index (κ2) is 14.5. The molecule has 59 heavy (non-hydrogen) atoms. The normalized spacial score (nSPS) is 38.2. The first-order valence-corrected chi connectivity index (χ1v) is 22.4. The van der Waals surface area contributed by atoms with E-state index in [0.717, 1.165) is 56.9 Å². The number of amides is 2. The van der Waals surface area contributed by atoms with Crippen LogP contribution in [0.5, 0.6) is 0 Å². The lowest BCUT2D eigenvalue weighted by Gasteiger charge is -2.72. The highest BCUT2D eigenvalue weighted by molar-refractivity contribution is 6.01. The van der Waals surface area contributed by atoms with Gasteiger partial charge in [0.15, 0.2) is 5.78 Å². The standard InChI is InChI=1S/C48H70N4O7/c1-27(2)37-32(53)23-48(24-36(54)50-25-42(3,4)52-39(55)31-16-21-49-26-51-31)20-19-46(10)28(38(37)48)12-13-34-45(9)17-15-35(44(7,8)33(45)14-18-47(34,46)11)59-41(58)30-22-29(40(56)57)43(30,5)6/h16,21,26-30,33-35H,12-15,17-20,22-25H2,1-11H3,(H,50,54)(H,52,55)(H,56,57)/t28-,29+,30-,33+,34-,35+,45+,46-,47-,48+/m1/s1. The van der Waals surface area contributed by atoms with Crippen molar-refractivity contribution in [2.45, 2.75) is 158 Å². The van der Waals surface area contributed by atoms with Crippen molar-refractivity contribution in [3.63, 3.8) is 0 Å². The molecule has 2 amide bonds. The molecule has 0 aromatic carbocycles. The molecule has 0 aliphatic heterocycles. The number of nitrogens with one attached hydrogen (secondary N) is 2. The van der Waals surface area contributed by atoms with Gasteiger partial charge in [-0.15, -0.1) is 0 Å². The van der Waals surface area contributed by atoms with Gasteiger partial charge in [0.1, 0.15) is 18.1 Å². The first-order chi connectivity index (χ1) is 27.3. The fourth-order valence-electron chi connectivity index (χ4n) is 14.6. The van der Waals surface area contributed by atoms with Gasteiger partial charge in [0.2, 0.25) is 5.91 Å². The van der Waals surface area contributed by atoms with Crippen LogP contribution in [0.15, 0.2) is 29.7 Å². The maximum absolute atomic E-state index is 14.1. The minimum absolute atomic E-state index is 0.0175. The Kier molecular flexibility index (Phi) is 10.7. The van der Waals surface area contributed by atoms with Crippen molar-refractivity contribution < 1.29 is 33.8 Å². The Morgan fingerprint density at radius 1 is 0.898 bits per heavy atom. The number of carbonyl (C=O) groups is 5. The van der Waals surface area contributed by atoms with Crippen molar-refractivity contribution in [2.75, 3.05) is 6.54 Å². The molecule has 11 heteroatoms. The maximum Gasteiger partial charge on any atom is 0.309 e. The van der Waals surface area contributed by atoms with Crippen LogP contribution in [-0.4, -0.2) is 62.8 Å². The minimum Gasteiger partial charge on any atom is -0.481 e. The molecule has 324 valence electrons. The summed E-state index contributed by atoms with van der Waals surface area (Å²) in [5, 5.41) is 15.8. The predicted molar refractivity (Wildman–Crippen MR) is 224 cm³/mol. The number of allylic oxidation sites excluding steroid dienone is 2. The van der Waals surface area contributed by atoms with E-state index >= 15 is 0 Å². The van der Waals surface area contributed by atoms with Crippen LogP contribution in [0.25, 0.3) is 0 Å². The summed E-state index contributed by atoms with van der Waals surface area (Å²) in [6.07, 6.45) is 11.3. The molecule has 0 saturated heterocycles. The van der Waals surface area contributed by atoms with E-state index in [1.165, 1.54) is 18.1 Å². The number of carbonyl (C=O) groups excluding carboxylic acids is 4. The largest absolute Gasteiger partial charge is 0.481 e. The number of fused-ring (bicyclic) bond motifs is 7.